The number of aromatic nitrogens is 2. The van der Waals surface area contributed by atoms with E-state index in [1.807, 2.05) is 17.5 Å². The molecule has 0 saturated heterocycles. The molecule has 1 amide bonds. The summed E-state index contributed by atoms with van der Waals surface area (Å²) in [6, 6.07) is 3.81. The first kappa shape index (κ1) is 14.2. The summed E-state index contributed by atoms with van der Waals surface area (Å²) in [6.45, 7) is 0.339. The topological polar surface area (TPSA) is 75.1 Å². The Kier molecular flexibility index (Phi) is 3.98. The molecule has 2 N–H and O–H groups in total. The number of carbonyl (C=O) groups excluding carboxylic acids is 1. The molecule has 0 unspecified atom stereocenters. The number of nitrogens with zero attached hydrogens (tertiary/aromatic N) is 2. The summed E-state index contributed by atoms with van der Waals surface area (Å²) in [7, 11) is 0. The Morgan fingerprint density at radius 2 is 2.33 bits per heavy atom. The normalized spacial score (nSPS) is 16.2. The van der Waals surface area contributed by atoms with Gasteiger partial charge in [0.15, 0.2) is 0 Å². The fraction of sp³-hybridized carbons (Fsp3) is 0.400. The van der Waals surface area contributed by atoms with Gasteiger partial charge in [0.25, 0.3) is 0 Å². The fourth-order valence-electron chi connectivity index (χ4n) is 2.26. The van der Waals surface area contributed by atoms with E-state index in [4.69, 9.17) is 0 Å². The third kappa shape index (κ3) is 3.46. The van der Waals surface area contributed by atoms with Crippen molar-refractivity contribution in [2.45, 2.75) is 31.3 Å². The third-order valence-corrected chi connectivity index (χ3v) is 4.64. The summed E-state index contributed by atoms with van der Waals surface area (Å²) in [4.78, 5) is 20.4. The first-order valence-electron chi connectivity index (χ1n) is 6.99. The van der Waals surface area contributed by atoms with Gasteiger partial charge in [-0.25, -0.2) is 4.98 Å². The van der Waals surface area contributed by atoms with Crippen LogP contribution in [0.15, 0.2) is 29.9 Å². The molecule has 3 rings (SSSR count). The second kappa shape index (κ2) is 5.91. The van der Waals surface area contributed by atoms with E-state index in [1.54, 1.807) is 12.4 Å². The SMILES string of the molecule is O=C(Cc1csc(-c2cccnc2)n1)NCC1(O)CCC1. The van der Waals surface area contributed by atoms with Gasteiger partial charge in [0, 0.05) is 29.9 Å². The first-order chi connectivity index (χ1) is 10.1. The molecule has 21 heavy (non-hydrogen) atoms. The quantitative estimate of drug-likeness (QED) is 0.883. The molecule has 1 fully saturated rings. The maximum atomic E-state index is 11.9. The van der Waals surface area contributed by atoms with E-state index in [0.717, 1.165) is 35.5 Å². The van der Waals surface area contributed by atoms with Crippen LogP contribution in [0, 0.1) is 0 Å². The van der Waals surface area contributed by atoms with Crippen LogP contribution in [0.25, 0.3) is 10.6 Å². The summed E-state index contributed by atoms with van der Waals surface area (Å²) in [5.74, 6) is -0.0987. The predicted octanol–water partition coefficient (Wildman–Crippen LogP) is 1.78. The van der Waals surface area contributed by atoms with Gasteiger partial charge >= 0.3 is 0 Å². The van der Waals surface area contributed by atoms with E-state index >= 15 is 0 Å². The van der Waals surface area contributed by atoms with Crippen molar-refractivity contribution in [3.8, 4) is 10.6 Å². The van der Waals surface area contributed by atoms with Crippen molar-refractivity contribution in [2.75, 3.05) is 6.54 Å². The van der Waals surface area contributed by atoms with Gasteiger partial charge in [0.2, 0.25) is 5.91 Å². The number of amides is 1. The fourth-order valence-corrected chi connectivity index (χ4v) is 3.07. The lowest BCUT2D eigenvalue weighted by atomic mass is 9.80. The lowest BCUT2D eigenvalue weighted by Crippen LogP contribution is -2.48. The molecule has 0 aromatic carbocycles. The maximum Gasteiger partial charge on any atom is 0.226 e. The highest BCUT2D eigenvalue weighted by Gasteiger charge is 2.34. The second-order valence-electron chi connectivity index (χ2n) is 5.42. The standard InChI is InChI=1S/C15H17N3O2S/c19-13(17-10-15(20)4-2-5-15)7-12-9-21-14(18-12)11-3-1-6-16-8-11/h1,3,6,8-9,20H,2,4-5,7,10H2,(H,17,19). The van der Waals surface area contributed by atoms with Crippen LogP contribution in [0.1, 0.15) is 25.0 Å². The van der Waals surface area contributed by atoms with Crippen LogP contribution in [-0.4, -0.2) is 33.1 Å². The molecule has 110 valence electrons. The molecule has 2 heterocycles. The number of thiazole rings is 1. The van der Waals surface area contributed by atoms with Crippen LogP contribution in [0.3, 0.4) is 0 Å². The van der Waals surface area contributed by atoms with E-state index in [0.29, 0.717) is 6.54 Å². The van der Waals surface area contributed by atoms with Crippen molar-refractivity contribution in [1.82, 2.24) is 15.3 Å². The number of aliphatic hydroxyl groups is 1. The van der Waals surface area contributed by atoms with Gasteiger partial charge in [-0.1, -0.05) is 0 Å². The monoisotopic (exact) mass is 303 g/mol. The van der Waals surface area contributed by atoms with Crippen LogP contribution in [-0.2, 0) is 11.2 Å². The smallest absolute Gasteiger partial charge is 0.226 e. The highest BCUT2D eigenvalue weighted by Crippen LogP contribution is 2.30. The van der Waals surface area contributed by atoms with Crippen LogP contribution < -0.4 is 5.32 Å². The average molecular weight is 303 g/mol. The highest BCUT2D eigenvalue weighted by atomic mass is 32.1. The summed E-state index contributed by atoms with van der Waals surface area (Å²) < 4.78 is 0. The number of nitrogens with one attached hydrogen (secondary N) is 1. The molecule has 0 aliphatic heterocycles. The summed E-state index contributed by atoms with van der Waals surface area (Å²) in [5, 5.41) is 15.5. The van der Waals surface area contributed by atoms with Gasteiger partial charge < -0.3 is 10.4 Å². The van der Waals surface area contributed by atoms with Gasteiger partial charge in [-0.05, 0) is 31.4 Å². The molecule has 5 nitrogen and oxygen atoms in total. The van der Waals surface area contributed by atoms with Crippen molar-refractivity contribution >= 4 is 17.2 Å². The van der Waals surface area contributed by atoms with Gasteiger partial charge in [-0.3, -0.25) is 9.78 Å². The molecule has 0 bridgehead atoms. The van der Waals surface area contributed by atoms with Crippen LogP contribution in [0.4, 0.5) is 0 Å². The lowest BCUT2D eigenvalue weighted by molar-refractivity contribution is -0.122. The summed E-state index contributed by atoms with van der Waals surface area (Å²) in [6.07, 6.45) is 6.30. The minimum absolute atomic E-state index is 0.0987. The van der Waals surface area contributed by atoms with Crippen molar-refractivity contribution < 1.29 is 9.90 Å². The minimum atomic E-state index is -0.682. The molecule has 1 saturated carbocycles. The van der Waals surface area contributed by atoms with Crippen molar-refractivity contribution in [1.29, 1.82) is 0 Å². The Balaban J connectivity index is 1.56. The first-order valence-corrected chi connectivity index (χ1v) is 7.86. The molecule has 0 spiro atoms. The minimum Gasteiger partial charge on any atom is -0.388 e. The molecular weight excluding hydrogens is 286 g/mol. The molecule has 6 heteroatoms. The van der Waals surface area contributed by atoms with Crippen LogP contribution in [0.5, 0.6) is 0 Å². The largest absolute Gasteiger partial charge is 0.388 e. The molecule has 1 aliphatic carbocycles. The van der Waals surface area contributed by atoms with E-state index in [1.165, 1.54) is 11.3 Å². The maximum absolute atomic E-state index is 11.9. The molecular formula is C15H17N3O2S. The molecule has 0 radical (unpaired) electrons. The van der Waals surface area contributed by atoms with E-state index < -0.39 is 5.60 Å². The zero-order valence-electron chi connectivity index (χ0n) is 11.6. The van der Waals surface area contributed by atoms with Gasteiger partial charge in [-0.2, -0.15) is 0 Å². The van der Waals surface area contributed by atoms with Crippen LogP contribution >= 0.6 is 11.3 Å². The molecule has 1 aliphatic rings. The van der Waals surface area contributed by atoms with E-state index in [-0.39, 0.29) is 12.3 Å². The Labute approximate surface area is 127 Å². The van der Waals surface area contributed by atoms with E-state index in [9.17, 15) is 9.90 Å². The Morgan fingerprint density at radius 1 is 1.48 bits per heavy atom. The van der Waals surface area contributed by atoms with Crippen LogP contribution in [0.2, 0.25) is 0 Å². The third-order valence-electron chi connectivity index (χ3n) is 3.70. The number of rotatable bonds is 5. The lowest BCUT2D eigenvalue weighted by Gasteiger charge is -2.36. The number of hydrogen-bond acceptors (Lipinski definition) is 5. The second-order valence-corrected chi connectivity index (χ2v) is 6.28. The number of hydrogen-bond donors (Lipinski definition) is 2. The zero-order chi connectivity index (χ0) is 14.7. The summed E-state index contributed by atoms with van der Waals surface area (Å²) in [5.41, 5.74) is 1.02. The van der Waals surface area contributed by atoms with E-state index in [2.05, 4.69) is 15.3 Å². The molecule has 2 aromatic heterocycles. The van der Waals surface area contributed by atoms with Crippen molar-refractivity contribution in [3.05, 3.63) is 35.6 Å². The molecule has 0 atom stereocenters. The Morgan fingerprint density at radius 3 is 3.00 bits per heavy atom. The van der Waals surface area contributed by atoms with Crippen molar-refractivity contribution in [2.24, 2.45) is 0 Å². The number of pyridine rings is 1. The zero-order valence-corrected chi connectivity index (χ0v) is 12.4. The van der Waals surface area contributed by atoms with Gasteiger partial charge in [-0.15, -0.1) is 11.3 Å². The highest BCUT2D eigenvalue weighted by molar-refractivity contribution is 7.13. The van der Waals surface area contributed by atoms with Crippen molar-refractivity contribution in [3.63, 3.8) is 0 Å². The molecule has 2 aromatic rings. The average Bonchev–Trinajstić information content (AvgIpc) is 2.92. The predicted molar refractivity (Wildman–Crippen MR) is 80.9 cm³/mol. The van der Waals surface area contributed by atoms with Gasteiger partial charge in [0.05, 0.1) is 17.7 Å². The van der Waals surface area contributed by atoms with Gasteiger partial charge in [0.1, 0.15) is 5.01 Å². The summed E-state index contributed by atoms with van der Waals surface area (Å²) >= 11 is 1.50. The Hall–Kier alpha value is -1.79. The Bertz CT molecular complexity index is 623. The number of carbonyl (C=O) groups is 1.